The highest BCUT2D eigenvalue weighted by Crippen LogP contribution is 2.21. The number of rotatable bonds is 3. The molecule has 3 rings (SSSR count). The lowest BCUT2D eigenvalue weighted by molar-refractivity contribution is -0.126. The van der Waals surface area contributed by atoms with E-state index in [0.29, 0.717) is 31.4 Å². The van der Waals surface area contributed by atoms with Crippen LogP contribution in [0.5, 0.6) is 0 Å². The van der Waals surface area contributed by atoms with Crippen LogP contribution < -0.4 is 0 Å². The van der Waals surface area contributed by atoms with Crippen LogP contribution in [0.3, 0.4) is 0 Å². The van der Waals surface area contributed by atoms with E-state index in [-0.39, 0.29) is 23.0 Å². The summed E-state index contributed by atoms with van der Waals surface area (Å²) in [4.78, 5) is 26.5. The molecule has 1 aliphatic rings. The third-order valence-electron chi connectivity index (χ3n) is 4.89. The number of aromatic nitrogens is 2. The van der Waals surface area contributed by atoms with Gasteiger partial charge in [0.15, 0.2) is 0 Å². The lowest BCUT2D eigenvalue weighted by Gasteiger charge is -2.31. The van der Waals surface area contributed by atoms with Gasteiger partial charge in [-0.15, -0.1) is 0 Å². The summed E-state index contributed by atoms with van der Waals surface area (Å²) in [6.07, 6.45) is 2.67. The van der Waals surface area contributed by atoms with Crippen molar-refractivity contribution >= 4 is 44.3 Å². The standard InChI is InChI=1S/C21H26N4O3S2/c1-21(2,3)11-8-19(27)25-12-9-16(10-13-25)30(4,28)24-18(26)14-15-6-5-7-17-20(15)23-29-22-17/h5-7,16H,9-10,12-14H2,1-4H3. The number of amides is 2. The average molecular weight is 447 g/mol. The van der Waals surface area contributed by atoms with Crippen LogP contribution in [-0.4, -0.2) is 54.3 Å². The zero-order valence-electron chi connectivity index (χ0n) is 17.7. The highest BCUT2D eigenvalue weighted by Gasteiger charge is 2.28. The van der Waals surface area contributed by atoms with E-state index >= 15 is 0 Å². The third kappa shape index (κ3) is 5.64. The van der Waals surface area contributed by atoms with Gasteiger partial charge in [-0.25, -0.2) is 4.21 Å². The number of benzene rings is 1. The number of likely N-dealkylation sites (tertiary alicyclic amines) is 1. The summed E-state index contributed by atoms with van der Waals surface area (Å²) in [7, 11) is -2.71. The number of nitrogens with zero attached hydrogens (tertiary/aromatic N) is 4. The SMILES string of the molecule is CC(C)(C)C#CC(=O)N1CCC(S(C)(=O)=NC(=O)Cc2cccc3nsnc23)CC1. The second kappa shape index (κ2) is 8.82. The van der Waals surface area contributed by atoms with Gasteiger partial charge < -0.3 is 4.90 Å². The monoisotopic (exact) mass is 446 g/mol. The van der Waals surface area contributed by atoms with Crippen LogP contribution in [0.15, 0.2) is 22.6 Å². The molecule has 1 saturated heterocycles. The van der Waals surface area contributed by atoms with E-state index in [1.165, 1.54) is 6.26 Å². The zero-order chi connectivity index (χ0) is 21.9. The van der Waals surface area contributed by atoms with Crippen molar-refractivity contribution in [1.82, 2.24) is 13.6 Å². The summed E-state index contributed by atoms with van der Waals surface area (Å²) >= 11 is 1.10. The predicted octanol–water partition coefficient (Wildman–Crippen LogP) is 2.90. The minimum atomic E-state index is -2.71. The fourth-order valence-electron chi connectivity index (χ4n) is 3.29. The van der Waals surface area contributed by atoms with Gasteiger partial charge in [0.1, 0.15) is 11.0 Å². The predicted molar refractivity (Wildman–Crippen MR) is 119 cm³/mol. The molecule has 9 heteroatoms. The van der Waals surface area contributed by atoms with Gasteiger partial charge in [-0.1, -0.05) is 18.1 Å². The van der Waals surface area contributed by atoms with E-state index in [2.05, 4.69) is 25.0 Å². The molecule has 0 bridgehead atoms. The van der Waals surface area contributed by atoms with Gasteiger partial charge in [-0.2, -0.15) is 13.1 Å². The molecule has 2 aromatic rings. The molecule has 0 radical (unpaired) electrons. The Hall–Kier alpha value is -2.31. The number of hydrogen-bond acceptors (Lipinski definition) is 6. The number of fused-ring (bicyclic) bond motifs is 1. The molecule has 160 valence electrons. The summed E-state index contributed by atoms with van der Waals surface area (Å²) in [6.45, 7) is 6.81. The Bertz CT molecular complexity index is 1140. The van der Waals surface area contributed by atoms with Crippen molar-refractivity contribution in [2.75, 3.05) is 19.3 Å². The Balaban J connectivity index is 1.64. The molecule has 0 N–H and O–H groups in total. The van der Waals surface area contributed by atoms with Gasteiger partial charge in [0.25, 0.3) is 11.8 Å². The van der Waals surface area contributed by atoms with Crippen LogP contribution in [-0.2, 0) is 25.7 Å². The van der Waals surface area contributed by atoms with E-state index in [9.17, 15) is 13.8 Å². The van der Waals surface area contributed by atoms with Crippen molar-refractivity contribution < 1.29 is 13.8 Å². The summed E-state index contributed by atoms with van der Waals surface area (Å²) in [6, 6.07) is 5.48. The fraction of sp³-hybridized carbons (Fsp3) is 0.524. The first kappa shape index (κ1) is 22.4. The molecule has 1 atom stereocenters. The van der Waals surface area contributed by atoms with Crippen LogP contribution in [0.1, 0.15) is 39.2 Å². The van der Waals surface area contributed by atoms with Crippen LogP contribution in [0, 0.1) is 17.3 Å². The average Bonchev–Trinajstić information content (AvgIpc) is 3.15. The molecular weight excluding hydrogens is 420 g/mol. The number of carbonyl (C=O) groups is 2. The summed E-state index contributed by atoms with van der Waals surface area (Å²) in [5.74, 6) is 5.02. The van der Waals surface area contributed by atoms with E-state index in [4.69, 9.17) is 0 Å². The molecule has 1 fully saturated rings. The second-order valence-electron chi connectivity index (χ2n) is 8.56. The van der Waals surface area contributed by atoms with Crippen LogP contribution in [0.2, 0.25) is 0 Å². The van der Waals surface area contributed by atoms with E-state index in [1.807, 2.05) is 39.0 Å². The quantitative estimate of drug-likeness (QED) is 0.676. The Kier molecular flexibility index (Phi) is 6.58. The Morgan fingerprint density at radius 1 is 1.27 bits per heavy atom. The highest BCUT2D eigenvalue weighted by molar-refractivity contribution is 7.93. The molecule has 2 heterocycles. The Morgan fingerprint density at radius 2 is 1.97 bits per heavy atom. The molecule has 1 aromatic heterocycles. The largest absolute Gasteiger partial charge is 0.332 e. The zero-order valence-corrected chi connectivity index (χ0v) is 19.3. The summed E-state index contributed by atoms with van der Waals surface area (Å²) in [5.41, 5.74) is 1.94. The minimum Gasteiger partial charge on any atom is -0.332 e. The van der Waals surface area contributed by atoms with Crippen molar-refractivity contribution in [3.05, 3.63) is 23.8 Å². The van der Waals surface area contributed by atoms with Gasteiger partial charge in [-0.3, -0.25) is 9.59 Å². The maximum atomic E-state index is 13.1. The van der Waals surface area contributed by atoms with Gasteiger partial charge in [0.05, 0.1) is 27.9 Å². The highest BCUT2D eigenvalue weighted by atomic mass is 32.2. The lowest BCUT2D eigenvalue weighted by atomic mass is 9.98. The van der Waals surface area contributed by atoms with Gasteiger partial charge in [0, 0.05) is 30.0 Å². The van der Waals surface area contributed by atoms with E-state index < -0.39 is 15.6 Å². The molecular formula is C21H26N4O3S2. The molecule has 30 heavy (non-hydrogen) atoms. The first-order chi connectivity index (χ1) is 14.0. The molecule has 1 aromatic carbocycles. The molecule has 2 amide bonds. The smallest absolute Gasteiger partial charge is 0.298 e. The number of carbonyl (C=O) groups excluding carboxylic acids is 2. The van der Waals surface area contributed by atoms with Gasteiger partial charge in [-0.05, 0) is 51.2 Å². The third-order valence-corrected chi connectivity index (χ3v) is 7.70. The normalized spacial score (nSPS) is 17.1. The van der Waals surface area contributed by atoms with E-state index in [1.54, 1.807) is 4.90 Å². The number of piperidine rings is 1. The van der Waals surface area contributed by atoms with Gasteiger partial charge >= 0.3 is 0 Å². The van der Waals surface area contributed by atoms with Crippen molar-refractivity contribution in [3.63, 3.8) is 0 Å². The second-order valence-corrected chi connectivity index (χ2v) is 11.7. The molecule has 0 spiro atoms. The molecule has 0 aliphatic carbocycles. The van der Waals surface area contributed by atoms with Crippen molar-refractivity contribution in [2.24, 2.45) is 9.78 Å². The molecule has 0 saturated carbocycles. The minimum absolute atomic E-state index is 0.0489. The maximum Gasteiger partial charge on any atom is 0.298 e. The first-order valence-corrected chi connectivity index (χ1v) is 12.5. The summed E-state index contributed by atoms with van der Waals surface area (Å²) in [5, 5.41) is -0.224. The van der Waals surface area contributed by atoms with Crippen LogP contribution in [0.4, 0.5) is 0 Å². The first-order valence-electron chi connectivity index (χ1n) is 9.81. The Labute approximate surface area is 181 Å². The number of hydrogen-bond donors (Lipinski definition) is 0. The molecule has 7 nitrogen and oxygen atoms in total. The topological polar surface area (TPSA) is 92.6 Å². The van der Waals surface area contributed by atoms with Crippen molar-refractivity contribution in [1.29, 1.82) is 0 Å². The summed E-state index contributed by atoms with van der Waals surface area (Å²) < 4.78 is 25.6. The van der Waals surface area contributed by atoms with Crippen LogP contribution >= 0.6 is 11.7 Å². The maximum absolute atomic E-state index is 13.1. The van der Waals surface area contributed by atoms with Crippen LogP contribution in [0.25, 0.3) is 11.0 Å². The molecule has 1 unspecified atom stereocenters. The molecule has 1 aliphatic heterocycles. The lowest BCUT2D eigenvalue weighted by Crippen LogP contribution is -2.42. The Morgan fingerprint density at radius 3 is 2.63 bits per heavy atom. The van der Waals surface area contributed by atoms with Crippen molar-refractivity contribution in [3.8, 4) is 11.8 Å². The van der Waals surface area contributed by atoms with E-state index in [0.717, 1.165) is 22.8 Å². The fourth-order valence-corrected chi connectivity index (χ4v) is 5.56. The van der Waals surface area contributed by atoms with Crippen molar-refractivity contribution in [2.45, 2.75) is 45.3 Å². The van der Waals surface area contributed by atoms with Gasteiger partial charge in [0.2, 0.25) is 0 Å².